The summed E-state index contributed by atoms with van der Waals surface area (Å²) in [5.41, 5.74) is 0. The summed E-state index contributed by atoms with van der Waals surface area (Å²) in [5.74, 6) is 0. The van der Waals surface area contributed by atoms with Crippen molar-refractivity contribution in [2.45, 2.75) is 12.3 Å². The van der Waals surface area contributed by atoms with E-state index in [9.17, 15) is 8.78 Å². The monoisotopic (exact) mass is 143 g/mol. The first kappa shape index (κ1) is 8.11. The molecule has 0 spiro atoms. The summed E-state index contributed by atoms with van der Waals surface area (Å²) < 4.78 is 23.8. The molecule has 8 heavy (non-hydrogen) atoms. The van der Waals surface area contributed by atoms with Crippen molar-refractivity contribution in [3.05, 3.63) is 0 Å². The third-order valence-corrected chi connectivity index (χ3v) is 1.07. The largest absolute Gasteiger partial charge is 0.311 e. The van der Waals surface area contributed by atoms with Crippen LogP contribution in [0.1, 0.15) is 0 Å². The lowest BCUT2D eigenvalue weighted by molar-refractivity contribution is 0.217. The van der Waals surface area contributed by atoms with Gasteiger partial charge in [0, 0.05) is 13.1 Å². The van der Waals surface area contributed by atoms with Crippen LogP contribution in [0.25, 0.3) is 0 Å². The van der Waals surface area contributed by atoms with Crippen molar-refractivity contribution in [3.63, 3.8) is 0 Å². The molecule has 1 N–H and O–H groups in total. The molecule has 50 valence electrons. The molecular weight excluding hydrogens is 136 g/mol. The van der Waals surface area contributed by atoms with Gasteiger partial charge < -0.3 is 5.32 Å². The second-order valence-corrected chi connectivity index (χ2v) is 1.69. The van der Waals surface area contributed by atoms with Crippen LogP contribution in [0.5, 0.6) is 0 Å². The fourth-order valence-corrected chi connectivity index (χ4v) is 0.615. The molecular formula is C4H8ClF2N. The first-order valence-electron chi connectivity index (χ1n) is 2.29. The number of halogens is 3. The molecule has 1 aliphatic heterocycles. The van der Waals surface area contributed by atoms with Gasteiger partial charge in [-0.1, -0.05) is 0 Å². The van der Waals surface area contributed by atoms with Gasteiger partial charge in [0.1, 0.15) is 12.3 Å². The number of hydrogen-bond acceptors (Lipinski definition) is 1. The van der Waals surface area contributed by atoms with E-state index in [0.717, 1.165) is 0 Å². The smallest absolute Gasteiger partial charge is 0.145 e. The van der Waals surface area contributed by atoms with Crippen LogP contribution in [-0.2, 0) is 0 Å². The summed E-state index contributed by atoms with van der Waals surface area (Å²) in [4.78, 5) is 0. The number of rotatable bonds is 0. The second kappa shape index (κ2) is 3.20. The lowest BCUT2D eigenvalue weighted by Crippen LogP contribution is -2.12. The molecule has 0 saturated carbocycles. The van der Waals surface area contributed by atoms with Crippen LogP contribution in [0.2, 0.25) is 0 Å². The van der Waals surface area contributed by atoms with Crippen LogP contribution in [0.3, 0.4) is 0 Å². The fourth-order valence-electron chi connectivity index (χ4n) is 0.615. The Kier molecular flexibility index (Phi) is 3.24. The molecule has 0 aromatic rings. The van der Waals surface area contributed by atoms with Crippen molar-refractivity contribution in [2.24, 2.45) is 0 Å². The highest BCUT2D eigenvalue weighted by Crippen LogP contribution is 2.06. The van der Waals surface area contributed by atoms with Crippen LogP contribution in [0, 0.1) is 0 Å². The van der Waals surface area contributed by atoms with E-state index in [1.807, 2.05) is 0 Å². The van der Waals surface area contributed by atoms with Gasteiger partial charge in [-0.2, -0.15) is 0 Å². The molecule has 0 aromatic heterocycles. The lowest BCUT2D eigenvalue weighted by atomic mass is 10.3. The maximum Gasteiger partial charge on any atom is 0.145 e. The molecule has 2 atom stereocenters. The zero-order valence-corrected chi connectivity index (χ0v) is 5.05. The number of hydrogen-bond donors (Lipinski definition) is 1. The molecule has 0 amide bonds. The SMILES string of the molecule is Cl.FC1CNCC1F. The third kappa shape index (κ3) is 1.56. The van der Waals surface area contributed by atoms with Crippen molar-refractivity contribution in [1.29, 1.82) is 0 Å². The molecule has 0 aliphatic carbocycles. The fraction of sp³-hybridized carbons (Fsp3) is 1.00. The highest BCUT2D eigenvalue weighted by Gasteiger charge is 2.25. The minimum atomic E-state index is -1.26. The van der Waals surface area contributed by atoms with Gasteiger partial charge in [0.2, 0.25) is 0 Å². The van der Waals surface area contributed by atoms with Crippen molar-refractivity contribution >= 4 is 12.4 Å². The van der Waals surface area contributed by atoms with Crippen LogP contribution >= 0.6 is 12.4 Å². The van der Waals surface area contributed by atoms with E-state index in [1.54, 1.807) is 0 Å². The van der Waals surface area contributed by atoms with Gasteiger partial charge >= 0.3 is 0 Å². The van der Waals surface area contributed by atoms with Crippen molar-refractivity contribution < 1.29 is 8.78 Å². The minimum Gasteiger partial charge on any atom is -0.311 e. The van der Waals surface area contributed by atoms with Crippen LogP contribution < -0.4 is 5.32 Å². The number of nitrogens with one attached hydrogen (secondary N) is 1. The number of alkyl halides is 2. The summed E-state index contributed by atoms with van der Waals surface area (Å²) in [6, 6.07) is 0. The van der Waals surface area contributed by atoms with E-state index in [2.05, 4.69) is 5.32 Å². The summed E-state index contributed by atoms with van der Waals surface area (Å²) in [5, 5.41) is 2.57. The lowest BCUT2D eigenvalue weighted by Gasteiger charge is -1.95. The van der Waals surface area contributed by atoms with E-state index in [4.69, 9.17) is 0 Å². The van der Waals surface area contributed by atoms with Crippen molar-refractivity contribution in [3.8, 4) is 0 Å². The maximum atomic E-state index is 11.9. The molecule has 0 radical (unpaired) electrons. The quantitative estimate of drug-likeness (QED) is 0.526. The van der Waals surface area contributed by atoms with Gasteiger partial charge in [-0.05, 0) is 0 Å². The Hall–Kier alpha value is 0.110. The van der Waals surface area contributed by atoms with Crippen LogP contribution in [0.15, 0.2) is 0 Å². The van der Waals surface area contributed by atoms with E-state index in [-0.39, 0.29) is 25.5 Å². The average Bonchev–Trinajstić information content (AvgIpc) is 1.91. The van der Waals surface area contributed by atoms with Crippen molar-refractivity contribution in [1.82, 2.24) is 5.32 Å². The molecule has 1 nitrogen and oxygen atoms in total. The molecule has 1 heterocycles. The third-order valence-electron chi connectivity index (χ3n) is 1.07. The Labute approximate surface area is 52.9 Å². The molecule has 1 rings (SSSR count). The highest BCUT2D eigenvalue weighted by molar-refractivity contribution is 5.85. The molecule has 4 heteroatoms. The Morgan fingerprint density at radius 2 is 1.50 bits per heavy atom. The topological polar surface area (TPSA) is 12.0 Å². The summed E-state index contributed by atoms with van der Waals surface area (Å²) in [6.07, 6.45) is -2.53. The van der Waals surface area contributed by atoms with Gasteiger partial charge in [0.25, 0.3) is 0 Å². The van der Waals surface area contributed by atoms with Gasteiger partial charge in [0.15, 0.2) is 0 Å². The maximum absolute atomic E-state index is 11.9. The van der Waals surface area contributed by atoms with Gasteiger partial charge in [0.05, 0.1) is 0 Å². The summed E-state index contributed by atoms with van der Waals surface area (Å²) in [7, 11) is 0. The summed E-state index contributed by atoms with van der Waals surface area (Å²) >= 11 is 0. The van der Waals surface area contributed by atoms with Crippen molar-refractivity contribution in [2.75, 3.05) is 13.1 Å². The van der Waals surface area contributed by atoms with E-state index >= 15 is 0 Å². The molecule has 0 bridgehead atoms. The Morgan fingerprint density at radius 1 is 1.12 bits per heavy atom. The average molecular weight is 144 g/mol. The normalized spacial score (nSPS) is 36.8. The predicted octanol–water partition coefficient (Wildman–Crippen LogP) is 0.688. The zero-order chi connectivity index (χ0) is 5.28. The Morgan fingerprint density at radius 3 is 1.62 bits per heavy atom. The van der Waals surface area contributed by atoms with Gasteiger partial charge in [-0.3, -0.25) is 0 Å². The zero-order valence-electron chi connectivity index (χ0n) is 4.23. The standard InChI is InChI=1S/C4H7F2N.ClH/c5-3-1-7-2-4(3)6;/h3-4,7H,1-2H2;1H. The molecule has 1 saturated heterocycles. The predicted molar refractivity (Wildman–Crippen MR) is 29.9 cm³/mol. The van der Waals surface area contributed by atoms with E-state index in [1.165, 1.54) is 0 Å². The molecule has 1 aliphatic rings. The first-order valence-corrected chi connectivity index (χ1v) is 2.29. The Bertz CT molecular complexity index is 63.1. The highest BCUT2D eigenvalue weighted by atomic mass is 35.5. The summed E-state index contributed by atoms with van der Waals surface area (Å²) in [6.45, 7) is 0.363. The molecule has 1 fully saturated rings. The van der Waals surface area contributed by atoms with Gasteiger partial charge in [-0.25, -0.2) is 8.78 Å². The minimum absolute atomic E-state index is 0. The first-order chi connectivity index (χ1) is 3.30. The van der Waals surface area contributed by atoms with Crippen LogP contribution in [0.4, 0.5) is 8.78 Å². The van der Waals surface area contributed by atoms with E-state index in [0.29, 0.717) is 0 Å². The molecule has 0 aromatic carbocycles. The van der Waals surface area contributed by atoms with E-state index < -0.39 is 12.3 Å². The van der Waals surface area contributed by atoms with Gasteiger partial charge in [-0.15, -0.1) is 12.4 Å². The Balaban J connectivity index is 0.000000490. The second-order valence-electron chi connectivity index (χ2n) is 1.69. The molecule has 2 unspecified atom stereocenters. The van der Waals surface area contributed by atoms with Crippen LogP contribution in [-0.4, -0.2) is 25.4 Å².